The van der Waals surface area contributed by atoms with E-state index in [1.54, 1.807) is 16.4 Å². The van der Waals surface area contributed by atoms with Gasteiger partial charge in [0.05, 0.1) is 31.1 Å². The zero-order valence-corrected chi connectivity index (χ0v) is 15.0. The van der Waals surface area contributed by atoms with Crippen LogP contribution in [0.5, 0.6) is 0 Å². The summed E-state index contributed by atoms with van der Waals surface area (Å²) in [5.74, 6) is 0.807. The van der Waals surface area contributed by atoms with Gasteiger partial charge in [-0.05, 0) is 31.0 Å². The molecule has 0 aliphatic carbocycles. The predicted octanol–water partition coefficient (Wildman–Crippen LogP) is 0.635. The van der Waals surface area contributed by atoms with Crippen LogP contribution >= 0.6 is 0 Å². The van der Waals surface area contributed by atoms with Gasteiger partial charge in [-0.15, -0.1) is 0 Å². The Morgan fingerprint density at radius 1 is 1.21 bits per heavy atom. The minimum atomic E-state index is -3.39. The zero-order valence-electron chi connectivity index (χ0n) is 14.2. The summed E-state index contributed by atoms with van der Waals surface area (Å²) >= 11 is 0. The second-order valence-corrected chi connectivity index (χ2v) is 8.20. The first kappa shape index (κ1) is 17.1. The van der Waals surface area contributed by atoms with Gasteiger partial charge in [0.2, 0.25) is 10.0 Å². The molecule has 1 aliphatic heterocycles. The Balaban J connectivity index is 1.62. The summed E-state index contributed by atoms with van der Waals surface area (Å²) in [6.07, 6.45) is 0.907. The molecule has 0 bridgehead atoms. The third-order valence-corrected chi connectivity index (χ3v) is 6.42. The first-order chi connectivity index (χ1) is 11.5. The summed E-state index contributed by atoms with van der Waals surface area (Å²) in [5.41, 5.74) is 2.07. The molecule has 7 heteroatoms. The quantitative estimate of drug-likeness (QED) is 0.859. The number of hydrogen-bond acceptors (Lipinski definition) is 4. The van der Waals surface area contributed by atoms with Crippen LogP contribution in [-0.2, 0) is 23.0 Å². The second kappa shape index (κ2) is 7.04. The van der Waals surface area contributed by atoms with E-state index in [0.29, 0.717) is 18.0 Å². The second-order valence-electron chi connectivity index (χ2n) is 6.26. The van der Waals surface area contributed by atoms with E-state index in [1.165, 1.54) is 4.90 Å². The highest BCUT2D eigenvalue weighted by Gasteiger charge is 2.30. The molecule has 130 valence electrons. The normalized spacial score (nSPS) is 17.2. The first-order valence-electron chi connectivity index (χ1n) is 8.34. The maximum atomic E-state index is 12.7. The first-order valence-corrected chi connectivity index (χ1v) is 9.78. The molecule has 1 fully saturated rings. The molecule has 0 amide bonds. The lowest BCUT2D eigenvalue weighted by atomic mass is 10.2. The van der Waals surface area contributed by atoms with Gasteiger partial charge in [-0.25, -0.2) is 8.42 Å². The van der Waals surface area contributed by atoms with Gasteiger partial charge in [0.25, 0.3) is 0 Å². The number of nitrogens with zero attached hydrogens (tertiary/aromatic N) is 2. The van der Waals surface area contributed by atoms with E-state index >= 15 is 0 Å². The molecule has 1 aromatic carbocycles. The van der Waals surface area contributed by atoms with Crippen molar-refractivity contribution in [2.45, 2.75) is 31.7 Å². The molecule has 0 spiro atoms. The number of aromatic nitrogens is 1. The van der Waals surface area contributed by atoms with E-state index < -0.39 is 10.0 Å². The maximum absolute atomic E-state index is 12.7. The van der Waals surface area contributed by atoms with Gasteiger partial charge in [-0.1, -0.05) is 24.2 Å². The Morgan fingerprint density at radius 2 is 1.88 bits per heavy atom. The van der Waals surface area contributed by atoms with Crippen LogP contribution in [0.2, 0.25) is 0 Å². The minimum absolute atomic E-state index is 0.385. The third kappa shape index (κ3) is 3.68. The number of hydrogen-bond donors (Lipinski definition) is 1. The van der Waals surface area contributed by atoms with Crippen molar-refractivity contribution in [2.24, 2.45) is 0 Å². The van der Waals surface area contributed by atoms with E-state index in [0.717, 1.165) is 43.1 Å². The summed E-state index contributed by atoms with van der Waals surface area (Å²) in [6, 6.07) is 9.14. The van der Waals surface area contributed by atoms with Gasteiger partial charge in [-0.3, -0.25) is 0 Å². The molecule has 1 N–H and O–H groups in total. The maximum Gasteiger partial charge on any atom is 0.243 e. The molecule has 0 radical (unpaired) electrons. The molecule has 1 aliphatic rings. The molecule has 0 saturated carbocycles. The lowest BCUT2D eigenvalue weighted by Gasteiger charge is -2.31. The average Bonchev–Trinajstić information content (AvgIpc) is 3.00. The Morgan fingerprint density at radius 3 is 2.42 bits per heavy atom. The van der Waals surface area contributed by atoms with E-state index in [4.69, 9.17) is 4.52 Å². The smallest absolute Gasteiger partial charge is 0.243 e. The van der Waals surface area contributed by atoms with E-state index in [-0.39, 0.29) is 0 Å². The van der Waals surface area contributed by atoms with Crippen LogP contribution in [-0.4, -0.2) is 44.1 Å². The Hall–Kier alpha value is -1.70. The largest absolute Gasteiger partial charge is 0.361 e. The van der Waals surface area contributed by atoms with Crippen molar-refractivity contribution in [3.63, 3.8) is 0 Å². The SMILES string of the molecule is CCc1ccc(S(=O)(=O)N2CC[NH+](Cc3cc(C)on3)CC2)cc1. The molecule has 6 nitrogen and oxygen atoms in total. The number of quaternary nitrogens is 1. The van der Waals surface area contributed by atoms with Crippen molar-refractivity contribution in [1.29, 1.82) is 0 Å². The van der Waals surface area contributed by atoms with Crippen molar-refractivity contribution in [1.82, 2.24) is 9.46 Å². The van der Waals surface area contributed by atoms with Crippen LogP contribution in [0.1, 0.15) is 23.9 Å². The van der Waals surface area contributed by atoms with Crippen LogP contribution in [0, 0.1) is 6.92 Å². The lowest BCUT2D eigenvalue weighted by molar-refractivity contribution is -0.917. The fourth-order valence-corrected chi connectivity index (χ4v) is 4.46. The predicted molar refractivity (Wildman–Crippen MR) is 90.2 cm³/mol. The highest BCUT2D eigenvalue weighted by atomic mass is 32.2. The fourth-order valence-electron chi connectivity index (χ4n) is 3.02. The van der Waals surface area contributed by atoms with Crippen LogP contribution < -0.4 is 4.90 Å². The van der Waals surface area contributed by atoms with Gasteiger partial charge < -0.3 is 9.42 Å². The van der Waals surface area contributed by atoms with E-state index in [1.807, 2.05) is 25.1 Å². The highest BCUT2D eigenvalue weighted by Crippen LogP contribution is 2.16. The third-order valence-electron chi connectivity index (χ3n) is 4.51. The van der Waals surface area contributed by atoms with Crippen LogP contribution in [0.15, 0.2) is 39.8 Å². The number of aryl methyl sites for hydroxylation is 2. The molecule has 1 aromatic heterocycles. The van der Waals surface area contributed by atoms with E-state index in [2.05, 4.69) is 12.1 Å². The van der Waals surface area contributed by atoms with Crippen LogP contribution in [0.3, 0.4) is 0 Å². The fraction of sp³-hybridized carbons (Fsp3) is 0.471. The average molecular weight is 350 g/mol. The molecule has 1 saturated heterocycles. The Bertz CT molecular complexity index is 776. The summed E-state index contributed by atoms with van der Waals surface area (Å²) < 4.78 is 32.2. The molecule has 3 rings (SSSR count). The number of piperazine rings is 1. The van der Waals surface area contributed by atoms with Crippen LogP contribution in [0.25, 0.3) is 0 Å². The summed E-state index contributed by atoms with van der Waals surface area (Å²) in [4.78, 5) is 1.71. The monoisotopic (exact) mass is 350 g/mol. The Labute approximate surface area is 143 Å². The molecule has 24 heavy (non-hydrogen) atoms. The molecule has 2 heterocycles. The standard InChI is InChI=1S/C17H23N3O3S/c1-3-15-4-6-17(7-5-15)24(21,22)20-10-8-19(9-11-20)13-16-12-14(2)23-18-16/h4-7,12H,3,8-11,13H2,1-2H3/p+1. The summed E-state index contributed by atoms with van der Waals surface area (Å²) in [6.45, 7) is 7.32. The molecule has 2 aromatic rings. The van der Waals surface area contributed by atoms with E-state index in [9.17, 15) is 8.42 Å². The van der Waals surface area contributed by atoms with Gasteiger partial charge in [0.1, 0.15) is 18.0 Å². The van der Waals surface area contributed by atoms with Crippen molar-refractivity contribution < 1.29 is 17.8 Å². The topological polar surface area (TPSA) is 67.8 Å². The number of rotatable bonds is 5. The van der Waals surface area contributed by atoms with Crippen molar-refractivity contribution in [3.8, 4) is 0 Å². The molecule has 0 atom stereocenters. The summed E-state index contributed by atoms with van der Waals surface area (Å²) in [5, 5.41) is 4.01. The van der Waals surface area contributed by atoms with Crippen molar-refractivity contribution in [2.75, 3.05) is 26.2 Å². The van der Waals surface area contributed by atoms with Gasteiger partial charge in [0.15, 0.2) is 0 Å². The summed E-state index contributed by atoms with van der Waals surface area (Å²) in [7, 11) is -3.39. The zero-order chi connectivity index (χ0) is 17.2. The minimum Gasteiger partial charge on any atom is -0.361 e. The van der Waals surface area contributed by atoms with Crippen molar-refractivity contribution >= 4 is 10.0 Å². The van der Waals surface area contributed by atoms with Gasteiger partial charge >= 0.3 is 0 Å². The number of nitrogens with one attached hydrogen (secondary N) is 1. The van der Waals surface area contributed by atoms with Crippen molar-refractivity contribution in [3.05, 3.63) is 47.3 Å². The van der Waals surface area contributed by atoms with Crippen LogP contribution in [0.4, 0.5) is 0 Å². The van der Waals surface area contributed by atoms with Gasteiger partial charge in [0, 0.05) is 6.07 Å². The van der Waals surface area contributed by atoms with Gasteiger partial charge in [-0.2, -0.15) is 4.31 Å². The molecule has 0 unspecified atom stereocenters. The lowest BCUT2D eigenvalue weighted by Crippen LogP contribution is -3.13. The molecular formula is C17H24N3O3S+. The number of benzene rings is 1. The number of sulfonamides is 1. The molecular weight excluding hydrogens is 326 g/mol. The highest BCUT2D eigenvalue weighted by molar-refractivity contribution is 7.89. The Kier molecular flexibility index (Phi) is 5.03.